The minimum absolute atomic E-state index is 0.320. The number of esters is 1. The summed E-state index contributed by atoms with van der Waals surface area (Å²) >= 11 is 0. The first kappa shape index (κ1) is 12.2. The molecule has 2 rings (SSSR count). The molecule has 4 heteroatoms. The van der Waals surface area contributed by atoms with Crippen molar-refractivity contribution in [1.29, 1.82) is 0 Å². The summed E-state index contributed by atoms with van der Waals surface area (Å²) in [5, 5.41) is 0. The summed E-state index contributed by atoms with van der Waals surface area (Å²) < 4.78 is 5.19. The van der Waals surface area contributed by atoms with Crippen molar-refractivity contribution in [1.82, 2.24) is 9.97 Å². The van der Waals surface area contributed by atoms with Gasteiger partial charge in [-0.1, -0.05) is 17.7 Å². The van der Waals surface area contributed by atoms with E-state index in [1.807, 2.05) is 25.1 Å². The highest BCUT2D eigenvalue weighted by Crippen LogP contribution is 2.22. The molecule has 0 saturated carbocycles. The molecule has 0 saturated heterocycles. The van der Waals surface area contributed by atoms with E-state index in [9.17, 15) is 4.79 Å². The second kappa shape index (κ2) is 5.40. The van der Waals surface area contributed by atoms with Gasteiger partial charge < -0.3 is 4.74 Å². The number of benzene rings is 1. The number of ether oxygens (including phenoxy) is 1. The van der Waals surface area contributed by atoms with E-state index in [2.05, 4.69) is 9.97 Å². The maximum Gasteiger partial charge on any atom is 0.308 e. The summed E-state index contributed by atoms with van der Waals surface area (Å²) in [5.41, 5.74) is 2.90. The summed E-state index contributed by atoms with van der Waals surface area (Å²) in [4.78, 5) is 19.3. The third-order valence-corrected chi connectivity index (χ3v) is 2.46. The predicted octanol–water partition coefficient (Wildman–Crippen LogP) is 2.30. The van der Waals surface area contributed by atoms with Crippen LogP contribution in [0, 0.1) is 6.92 Å². The summed E-state index contributed by atoms with van der Waals surface area (Å²) in [5.74, 6) is 0.262. The zero-order valence-corrected chi connectivity index (χ0v) is 10.4. The molecule has 0 aliphatic rings. The third-order valence-electron chi connectivity index (χ3n) is 2.46. The highest BCUT2D eigenvalue weighted by molar-refractivity contribution is 5.69. The van der Waals surface area contributed by atoms with Crippen molar-refractivity contribution in [3.05, 3.63) is 53.6 Å². The number of aryl methyl sites for hydroxylation is 1. The van der Waals surface area contributed by atoms with Crippen LogP contribution in [0.5, 0.6) is 5.75 Å². The van der Waals surface area contributed by atoms with Crippen LogP contribution in [0.4, 0.5) is 0 Å². The molecule has 0 unspecified atom stereocenters. The first-order valence-corrected chi connectivity index (χ1v) is 5.68. The molecule has 0 fully saturated rings. The van der Waals surface area contributed by atoms with E-state index in [4.69, 9.17) is 4.74 Å². The summed E-state index contributed by atoms with van der Waals surface area (Å²) in [6.45, 7) is 3.39. The highest BCUT2D eigenvalue weighted by Gasteiger charge is 2.08. The minimum atomic E-state index is -0.320. The second-order valence-electron chi connectivity index (χ2n) is 4.08. The van der Waals surface area contributed by atoms with Crippen LogP contribution in [0.25, 0.3) is 0 Å². The predicted molar refractivity (Wildman–Crippen MR) is 67.3 cm³/mol. The Morgan fingerprint density at radius 3 is 2.83 bits per heavy atom. The van der Waals surface area contributed by atoms with Gasteiger partial charge in [-0.25, -0.2) is 0 Å². The molecule has 92 valence electrons. The number of carbonyl (C=O) groups is 1. The van der Waals surface area contributed by atoms with Gasteiger partial charge in [0.05, 0.1) is 5.69 Å². The molecule has 0 spiro atoms. The van der Waals surface area contributed by atoms with Crippen LogP contribution in [-0.4, -0.2) is 15.9 Å². The summed E-state index contributed by atoms with van der Waals surface area (Å²) in [6.07, 6.45) is 5.58. The number of rotatable bonds is 3. The standard InChI is InChI=1S/C14H14N2O2/c1-10-3-4-14(18-11(2)17)12(7-10)8-13-9-15-5-6-16-13/h3-7,9H,8H2,1-2H3. The molecule has 0 aliphatic heterocycles. The lowest BCUT2D eigenvalue weighted by molar-refractivity contribution is -0.131. The Balaban J connectivity index is 2.30. The van der Waals surface area contributed by atoms with Crippen molar-refractivity contribution in [3.8, 4) is 5.75 Å². The Morgan fingerprint density at radius 2 is 2.17 bits per heavy atom. The Bertz CT molecular complexity index is 553. The van der Waals surface area contributed by atoms with Crippen molar-refractivity contribution in [2.24, 2.45) is 0 Å². The van der Waals surface area contributed by atoms with Gasteiger partial charge in [0, 0.05) is 37.5 Å². The van der Waals surface area contributed by atoms with Gasteiger partial charge >= 0.3 is 5.97 Å². The van der Waals surface area contributed by atoms with Crippen LogP contribution in [0.2, 0.25) is 0 Å². The molecule has 0 N–H and O–H groups in total. The average molecular weight is 242 g/mol. The largest absolute Gasteiger partial charge is 0.426 e. The monoisotopic (exact) mass is 242 g/mol. The number of hydrogen-bond acceptors (Lipinski definition) is 4. The summed E-state index contributed by atoms with van der Waals surface area (Å²) in [6, 6.07) is 5.72. The van der Waals surface area contributed by atoms with Gasteiger partial charge in [-0.3, -0.25) is 14.8 Å². The average Bonchev–Trinajstić information content (AvgIpc) is 2.33. The molecule has 0 amide bonds. The van der Waals surface area contributed by atoms with Crippen molar-refractivity contribution < 1.29 is 9.53 Å². The van der Waals surface area contributed by atoms with Gasteiger partial charge in [0.1, 0.15) is 5.75 Å². The van der Waals surface area contributed by atoms with E-state index in [-0.39, 0.29) is 5.97 Å². The van der Waals surface area contributed by atoms with Crippen LogP contribution in [0.15, 0.2) is 36.8 Å². The maximum atomic E-state index is 11.1. The number of aromatic nitrogens is 2. The quantitative estimate of drug-likeness (QED) is 0.612. The number of carbonyl (C=O) groups excluding carboxylic acids is 1. The maximum absolute atomic E-state index is 11.1. The lowest BCUT2D eigenvalue weighted by Crippen LogP contribution is -2.05. The van der Waals surface area contributed by atoms with E-state index >= 15 is 0 Å². The Morgan fingerprint density at radius 1 is 1.33 bits per heavy atom. The van der Waals surface area contributed by atoms with Gasteiger partial charge in [-0.15, -0.1) is 0 Å². The normalized spacial score (nSPS) is 10.1. The smallest absolute Gasteiger partial charge is 0.308 e. The molecule has 4 nitrogen and oxygen atoms in total. The topological polar surface area (TPSA) is 52.1 Å². The fraction of sp³-hybridized carbons (Fsp3) is 0.214. The van der Waals surface area contributed by atoms with Crippen LogP contribution in [0.1, 0.15) is 23.7 Å². The molecular formula is C14H14N2O2. The zero-order valence-electron chi connectivity index (χ0n) is 10.4. The molecule has 18 heavy (non-hydrogen) atoms. The first-order chi connectivity index (χ1) is 8.65. The summed E-state index contributed by atoms with van der Waals surface area (Å²) in [7, 11) is 0. The molecule has 0 aliphatic carbocycles. The molecule has 0 atom stereocenters. The van der Waals surface area contributed by atoms with Crippen LogP contribution >= 0.6 is 0 Å². The lowest BCUT2D eigenvalue weighted by Gasteiger charge is -2.09. The van der Waals surface area contributed by atoms with Gasteiger partial charge in [0.25, 0.3) is 0 Å². The molecule has 2 aromatic rings. The fourth-order valence-electron chi connectivity index (χ4n) is 1.72. The van der Waals surface area contributed by atoms with Gasteiger partial charge in [0.2, 0.25) is 0 Å². The van der Waals surface area contributed by atoms with Crippen molar-refractivity contribution in [2.45, 2.75) is 20.3 Å². The van der Waals surface area contributed by atoms with Crippen molar-refractivity contribution in [3.63, 3.8) is 0 Å². The van der Waals surface area contributed by atoms with Crippen LogP contribution < -0.4 is 4.74 Å². The first-order valence-electron chi connectivity index (χ1n) is 5.68. The Hall–Kier alpha value is -2.23. The zero-order chi connectivity index (χ0) is 13.0. The van der Waals surface area contributed by atoms with E-state index in [1.54, 1.807) is 18.6 Å². The third kappa shape index (κ3) is 3.13. The molecular weight excluding hydrogens is 228 g/mol. The molecule has 0 bridgehead atoms. The van der Waals surface area contributed by atoms with E-state index < -0.39 is 0 Å². The van der Waals surface area contributed by atoms with E-state index in [0.717, 1.165) is 16.8 Å². The van der Waals surface area contributed by atoms with E-state index in [0.29, 0.717) is 12.2 Å². The van der Waals surface area contributed by atoms with Crippen molar-refractivity contribution in [2.75, 3.05) is 0 Å². The molecule has 0 radical (unpaired) electrons. The molecule has 1 aromatic carbocycles. The highest BCUT2D eigenvalue weighted by atomic mass is 16.5. The Kier molecular flexibility index (Phi) is 3.67. The van der Waals surface area contributed by atoms with Gasteiger partial charge in [0.15, 0.2) is 0 Å². The Labute approximate surface area is 106 Å². The van der Waals surface area contributed by atoms with E-state index in [1.165, 1.54) is 6.92 Å². The number of hydrogen-bond donors (Lipinski definition) is 0. The van der Waals surface area contributed by atoms with Crippen LogP contribution in [-0.2, 0) is 11.2 Å². The fourth-order valence-corrected chi connectivity index (χ4v) is 1.72. The molecule has 1 heterocycles. The van der Waals surface area contributed by atoms with Gasteiger partial charge in [-0.2, -0.15) is 0 Å². The second-order valence-corrected chi connectivity index (χ2v) is 4.08. The SMILES string of the molecule is CC(=O)Oc1ccc(C)cc1Cc1cnccn1. The van der Waals surface area contributed by atoms with Gasteiger partial charge in [-0.05, 0) is 13.0 Å². The lowest BCUT2D eigenvalue weighted by atomic mass is 10.1. The minimum Gasteiger partial charge on any atom is -0.426 e. The van der Waals surface area contributed by atoms with Crippen LogP contribution in [0.3, 0.4) is 0 Å². The molecule has 1 aromatic heterocycles. The van der Waals surface area contributed by atoms with Crippen molar-refractivity contribution >= 4 is 5.97 Å². The number of nitrogens with zero attached hydrogens (tertiary/aromatic N) is 2.